The van der Waals surface area contributed by atoms with Gasteiger partial charge in [-0.15, -0.1) is 0 Å². The van der Waals surface area contributed by atoms with Gasteiger partial charge in [-0.05, 0) is 25.1 Å². The molecule has 1 aliphatic rings. The average molecular weight is 264 g/mol. The highest BCUT2D eigenvalue weighted by Gasteiger charge is 2.24. The Morgan fingerprint density at radius 2 is 2.26 bits per heavy atom. The third kappa shape index (κ3) is 2.88. The zero-order valence-corrected chi connectivity index (χ0v) is 11.5. The van der Waals surface area contributed by atoms with E-state index in [1.54, 1.807) is 17.6 Å². The quantitative estimate of drug-likeness (QED) is 0.630. The van der Waals surface area contributed by atoms with Gasteiger partial charge in [-0.1, -0.05) is 19.9 Å². The van der Waals surface area contributed by atoms with Gasteiger partial charge in [0.25, 0.3) is 5.91 Å². The molecule has 1 heterocycles. The van der Waals surface area contributed by atoms with Crippen molar-refractivity contribution in [1.82, 2.24) is 10.4 Å². The van der Waals surface area contributed by atoms with Crippen LogP contribution < -0.4 is 10.2 Å². The standard InChI is InChI=1S/C14H20N2O3/c1-9(2)12-8-19-13-6-10(14(17)15-18)4-5-11(13)7-16(12)3/h4-6,9,12,18H,7-8H2,1-3H3,(H,15,17). The summed E-state index contributed by atoms with van der Waals surface area (Å²) in [6, 6.07) is 5.59. The van der Waals surface area contributed by atoms with Crippen LogP contribution in [0.1, 0.15) is 29.8 Å². The highest BCUT2D eigenvalue weighted by Crippen LogP contribution is 2.27. The van der Waals surface area contributed by atoms with Crippen LogP contribution in [0.15, 0.2) is 18.2 Å². The van der Waals surface area contributed by atoms with Crippen LogP contribution >= 0.6 is 0 Å². The van der Waals surface area contributed by atoms with Gasteiger partial charge in [-0.3, -0.25) is 14.9 Å². The van der Waals surface area contributed by atoms with Gasteiger partial charge in [-0.2, -0.15) is 0 Å². The number of likely N-dealkylation sites (N-methyl/N-ethyl adjacent to an activating group) is 1. The van der Waals surface area contributed by atoms with E-state index in [9.17, 15) is 4.79 Å². The number of carbonyl (C=O) groups excluding carboxylic acids is 1. The van der Waals surface area contributed by atoms with Crippen molar-refractivity contribution in [2.45, 2.75) is 26.4 Å². The molecule has 104 valence electrons. The third-order valence-corrected chi connectivity index (χ3v) is 3.60. The van der Waals surface area contributed by atoms with Gasteiger partial charge >= 0.3 is 0 Å². The minimum absolute atomic E-state index is 0.350. The Kier molecular flexibility index (Phi) is 4.07. The molecule has 0 aliphatic carbocycles. The monoisotopic (exact) mass is 264 g/mol. The van der Waals surface area contributed by atoms with Crippen molar-refractivity contribution in [2.75, 3.05) is 13.7 Å². The van der Waals surface area contributed by atoms with Crippen LogP contribution in [0.4, 0.5) is 0 Å². The molecule has 19 heavy (non-hydrogen) atoms. The van der Waals surface area contributed by atoms with Crippen LogP contribution in [-0.4, -0.2) is 35.7 Å². The molecule has 1 aromatic rings. The Balaban J connectivity index is 2.27. The maximum atomic E-state index is 11.4. The van der Waals surface area contributed by atoms with Gasteiger partial charge in [0.15, 0.2) is 0 Å². The van der Waals surface area contributed by atoms with Gasteiger partial charge < -0.3 is 4.74 Å². The minimum atomic E-state index is -0.524. The first kappa shape index (κ1) is 13.8. The van der Waals surface area contributed by atoms with Crippen LogP contribution in [0.5, 0.6) is 5.75 Å². The Morgan fingerprint density at radius 3 is 2.89 bits per heavy atom. The minimum Gasteiger partial charge on any atom is -0.492 e. The SMILES string of the molecule is CC(C)C1COc2cc(C(=O)NO)ccc2CN1C. The molecule has 1 unspecified atom stereocenters. The smallest absolute Gasteiger partial charge is 0.274 e. The second-order valence-corrected chi connectivity index (χ2v) is 5.30. The number of nitrogens with one attached hydrogen (secondary N) is 1. The summed E-state index contributed by atoms with van der Waals surface area (Å²) in [5.41, 5.74) is 3.09. The maximum Gasteiger partial charge on any atom is 0.274 e. The highest BCUT2D eigenvalue weighted by molar-refractivity contribution is 5.93. The number of carbonyl (C=O) groups is 1. The number of hydrogen-bond acceptors (Lipinski definition) is 4. The number of benzene rings is 1. The second-order valence-electron chi connectivity index (χ2n) is 5.30. The normalized spacial score (nSPS) is 19.5. The molecule has 0 aromatic heterocycles. The van der Waals surface area contributed by atoms with Crippen molar-refractivity contribution in [3.63, 3.8) is 0 Å². The molecule has 1 amide bonds. The number of fused-ring (bicyclic) bond motifs is 1. The molecule has 0 saturated carbocycles. The molecular formula is C14H20N2O3. The predicted molar refractivity (Wildman–Crippen MR) is 71.3 cm³/mol. The van der Waals surface area contributed by atoms with Gasteiger partial charge in [0.2, 0.25) is 0 Å². The number of hydroxylamine groups is 1. The van der Waals surface area contributed by atoms with Crippen LogP contribution in [-0.2, 0) is 6.54 Å². The van der Waals surface area contributed by atoms with Crippen molar-refractivity contribution in [1.29, 1.82) is 0 Å². The van der Waals surface area contributed by atoms with Crippen LogP contribution in [0, 0.1) is 5.92 Å². The molecular weight excluding hydrogens is 244 g/mol. The fraction of sp³-hybridized carbons (Fsp3) is 0.500. The van der Waals surface area contributed by atoms with Gasteiger partial charge in [0, 0.05) is 23.7 Å². The maximum absolute atomic E-state index is 11.4. The van der Waals surface area contributed by atoms with Crippen LogP contribution in [0.25, 0.3) is 0 Å². The first-order valence-corrected chi connectivity index (χ1v) is 6.43. The second kappa shape index (κ2) is 5.59. The van der Waals surface area contributed by atoms with E-state index in [4.69, 9.17) is 9.94 Å². The lowest BCUT2D eigenvalue weighted by molar-refractivity contribution is 0.0706. The van der Waals surface area contributed by atoms with E-state index >= 15 is 0 Å². The molecule has 2 rings (SSSR count). The van der Waals surface area contributed by atoms with Crippen molar-refractivity contribution < 1.29 is 14.7 Å². The summed E-state index contributed by atoms with van der Waals surface area (Å²) in [6.45, 7) is 5.74. The van der Waals surface area contributed by atoms with E-state index in [2.05, 4.69) is 25.8 Å². The molecule has 0 spiro atoms. The van der Waals surface area contributed by atoms with E-state index < -0.39 is 5.91 Å². The van der Waals surface area contributed by atoms with E-state index in [-0.39, 0.29) is 0 Å². The first-order valence-electron chi connectivity index (χ1n) is 6.43. The number of rotatable bonds is 2. The predicted octanol–water partition coefficient (Wildman–Crippen LogP) is 1.65. The Hall–Kier alpha value is -1.59. The molecule has 0 saturated heterocycles. The zero-order chi connectivity index (χ0) is 14.0. The number of ether oxygens (including phenoxy) is 1. The third-order valence-electron chi connectivity index (χ3n) is 3.60. The largest absolute Gasteiger partial charge is 0.492 e. The molecule has 0 fully saturated rings. The topological polar surface area (TPSA) is 61.8 Å². The summed E-state index contributed by atoms with van der Waals surface area (Å²) in [7, 11) is 2.08. The fourth-order valence-electron chi connectivity index (χ4n) is 2.42. The summed E-state index contributed by atoms with van der Waals surface area (Å²) in [5, 5.41) is 8.66. The van der Waals surface area contributed by atoms with Crippen molar-refractivity contribution in [2.24, 2.45) is 5.92 Å². The average Bonchev–Trinajstić information content (AvgIpc) is 2.55. The molecule has 0 radical (unpaired) electrons. The molecule has 5 nitrogen and oxygen atoms in total. The van der Waals surface area contributed by atoms with Crippen molar-refractivity contribution >= 4 is 5.91 Å². The Bertz CT molecular complexity index is 474. The van der Waals surface area contributed by atoms with Gasteiger partial charge in [-0.25, -0.2) is 5.48 Å². The Labute approximate surface area is 113 Å². The van der Waals surface area contributed by atoms with Gasteiger partial charge in [0.1, 0.15) is 12.4 Å². The molecule has 5 heteroatoms. The van der Waals surface area contributed by atoms with Gasteiger partial charge in [0.05, 0.1) is 0 Å². The van der Waals surface area contributed by atoms with Crippen molar-refractivity contribution in [3.05, 3.63) is 29.3 Å². The number of nitrogens with zero attached hydrogens (tertiary/aromatic N) is 1. The molecule has 1 aliphatic heterocycles. The van der Waals surface area contributed by atoms with Crippen LogP contribution in [0.2, 0.25) is 0 Å². The zero-order valence-electron chi connectivity index (χ0n) is 11.5. The van der Waals surface area contributed by atoms with E-state index in [0.717, 1.165) is 17.9 Å². The Morgan fingerprint density at radius 1 is 1.53 bits per heavy atom. The molecule has 1 aromatic carbocycles. The van der Waals surface area contributed by atoms with E-state index in [0.29, 0.717) is 24.1 Å². The summed E-state index contributed by atoms with van der Waals surface area (Å²) in [5.74, 6) is 0.694. The fourth-order valence-corrected chi connectivity index (χ4v) is 2.42. The summed E-state index contributed by atoms with van der Waals surface area (Å²) in [6.07, 6.45) is 0. The van der Waals surface area contributed by atoms with Crippen LogP contribution in [0.3, 0.4) is 0 Å². The lowest BCUT2D eigenvalue weighted by atomic mass is 10.0. The lowest BCUT2D eigenvalue weighted by Crippen LogP contribution is -2.38. The van der Waals surface area contributed by atoms with E-state index in [1.807, 2.05) is 6.07 Å². The highest BCUT2D eigenvalue weighted by atomic mass is 16.5. The summed E-state index contributed by atoms with van der Waals surface area (Å²) >= 11 is 0. The lowest BCUT2D eigenvalue weighted by Gasteiger charge is -2.27. The molecule has 0 bridgehead atoms. The first-order chi connectivity index (χ1) is 9.02. The number of amides is 1. The van der Waals surface area contributed by atoms with Crippen molar-refractivity contribution in [3.8, 4) is 5.75 Å². The molecule has 2 N–H and O–H groups in total. The summed E-state index contributed by atoms with van der Waals surface area (Å²) in [4.78, 5) is 13.7. The number of hydrogen-bond donors (Lipinski definition) is 2. The summed E-state index contributed by atoms with van der Waals surface area (Å²) < 4.78 is 5.82. The van der Waals surface area contributed by atoms with E-state index in [1.165, 1.54) is 0 Å². The molecule has 1 atom stereocenters.